The Hall–Kier alpha value is -2.00. The number of para-hydroxylation sites is 1. The van der Waals surface area contributed by atoms with Crippen molar-refractivity contribution in [2.75, 3.05) is 11.1 Å². The first kappa shape index (κ1) is 12.5. The van der Waals surface area contributed by atoms with E-state index < -0.39 is 0 Å². The number of nitrogen functional groups attached to an aromatic ring is 1. The molecule has 2 aromatic carbocycles. The van der Waals surface area contributed by atoms with Gasteiger partial charge in [-0.3, -0.25) is 0 Å². The van der Waals surface area contributed by atoms with E-state index in [1.807, 2.05) is 48.5 Å². The number of benzene rings is 2. The van der Waals surface area contributed by atoms with Crippen molar-refractivity contribution >= 4 is 17.1 Å². The van der Waals surface area contributed by atoms with E-state index in [0.717, 1.165) is 16.9 Å². The highest BCUT2D eigenvalue weighted by molar-refractivity contribution is 5.65. The Kier molecular flexibility index (Phi) is 3.85. The zero-order chi connectivity index (χ0) is 13.0. The quantitative estimate of drug-likeness (QED) is 0.722. The van der Waals surface area contributed by atoms with Gasteiger partial charge in [-0.15, -0.1) is 0 Å². The predicted octanol–water partition coefficient (Wildman–Crippen LogP) is 2.94. The first-order chi connectivity index (χ1) is 8.65. The molecule has 0 saturated heterocycles. The highest BCUT2D eigenvalue weighted by atomic mass is 16.3. The number of hydrogen-bond acceptors (Lipinski definition) is 3. The monoisotopic (exact) mass is 242 g/mol. The molecule has 0 aliphatic rings. The first-order valence-electron chi connectivity index (χ1n) is 6.03. The van der Waals surface area contributed by atoms with Crippen molar-refractivity contribution in [3.63, 3.8) is 0 Å². The van der Waals surface area contributed by atoms with Crippen molar-refractivity contribution in [2.45, 2.75) is 19.4 Å². The Morgan fingerprint density at radius 2 is 1.83 bits per heavy atom. The van der Waals surface area contributed by atoms with Crippen LogP contribution in [0.5, 0.6) is 0 Å². The van der Waals surface area contributed by atoms with E-state index in [2.05, 4.69) is 5.32 Å². The van der Waals surface area contributed by atoms with Crippen LogP contribution in [0.1, 0.15) is 12.5 Å². The normalized spacial score (nSPS) is 12.1. The number of aliphatic hydroxyl groups excluding tert-OH is 1. The second-order valence-electron chi connectivity index (χ2n) is 4.46. The van der Waals surface area contributed by atoms with E-state index in [-0.39, 0.29) is 6.10 Å². The van der Waals surface area contributed by atoms with E-state index in [9.17, 15) is 5.11 Å². The van der Waals surface area contributed by atoms with Crippen LogP contribution in [0.2, 0.25) is 0 Å². The third kappa shape index (κ3) is 3.25. The molecule has 0 aliphatic carbocycles. The fourth-order valence-electron chi connectivity index (χ4n) is 1.86. The number of nitrogens with one attached hydrogen (secondary N) is 1. The van der Waals surface area contributed by atoms with E-state index >= 15 is 0 Å². The zero-order valence-corrected chi connectivity index (χ0v) is 10.4. The van der Waals surface area contributed by atoms with Gasteiger partial charge < -0.3 is 16.2 Å². The van der Waals surface area contributed by atoms with Crippen LogP contribution in [-0.4, -0.2) is 11.2 Å². The highest BCUT2D eigenvalue weighted by Crippen LogP contribution is 2.22. The molecule has 0 fully saturated rings. The van der Waals surface area contributed by atoms with Crippen LogP contribution < -0.4 is 11.1 Å². The summed E-state index contributed by atoms with van der Waals surface area (Å²) in [5.74, 6) is 0. The van der Waals surface area contributed by atoms with Gasteiger partial charge in [-0.05, 0) is 36.8 Å². The van der Waals surface area contributed by atoms with Gasteiger partial charge in [0.1, 0.15) is 0 Å². The van der Waals surface area contributed by atoms with Gasteiger partial charge in [0.25, 0.3) is 0 Å². The summed E-state index contributed by atoms with van der Waals surface area (Å²) < 4.78 is 0. The smallest absolute Gasteiger partial charge is 0.0553 e. The van der Waals surface area contributed by atoms with Crippen molar-refractivity contribution in [1.82, 2.24) is 0 Å². The number of anilines is 3. The van der Waals surface area contributed by atoms with Crippen molar-refractivity contribution in [3.05, 3.63) is 54.1 Å². The van der Waals surface area contributed by atoms with Gasteiger partial charge in [-0.25, -0.2) is 0 Å². The second kappa shape index (κ2) is 5.56. The molecule has 0 aliphatic heterocycles. The lowest BCUT2D eigenvalue weighted by Crippen LogP contribution is -2.07. The number of aliphatic hydroxyl groups is 1. The third-order valence-electron chi connectivity index (χ3n) is 2.72. The fraction of sp³-hybridized carbons (Fsp3) is 0.200. The molecular formula is C15H18N2O. The molecule has 1 atom stereocenters. The summed E-state index contributed by atoms with van der Waals surface area (Å²) in [6.07, 6.45) is 0.206. The van der Waals surface area contributed by atoms with Gasteiger partial charge >= 0.3 is 0 Å². The second-order valence-corrected chi connectivity index (χ2v) is 4.46. The molecule has 18 heavy (non-hydrogen) atoms. The maximum atomic E-state index is 9.36. The molecule has 0 saturated carbocycles. The zero-order valence-electron chi connectivity index (χ0n) is 10.4. The van der Waals surface area contributed by atoms with Gasteiger partial charge in [0.15, 0.2) is 0 Å². The summed E-state index contributed by atoms with van der Waals surface area (Å²) in [6, 6.07) is 15.8. The largest absolute Gasteiger partial charge is 0.398 e. The van der Waals surface area contributed by atoms with Crippen LogP contribution in [0.3, 0.4) is 0 Å². The standard InChI is InChI=1S/C15H18N2O/c1-11(18)9-12-7-8-14(10-15(12)16)17-13-5-3-2-4-6-13/h2-8,10-11,17-18H,9,16H2,1H3. The first-order valence-corrected chi connectivity index (χ1v) is 6.03. The van der Waals surface area contributed by atoms with Crippen molar-refractivity contribution in [3.8, 4) is 0 Å². The number of nitrogens with two attached hydrogens (primary N) is 1. The molecule has 0 radical (unpaired) electrons. The summed E-state index contributed by atoms with van der Waals surface area (Å²) in [4.78, 5) is 0. The topological polar surface area (TPSA) is 58.3 Å². The lowest BCUT2D eigenvalue weighted by Gasteiger charge is -2.11. The summed E-state index contributed by atoms with van der Waals surface area (Å²) in [7, 11) is 0. The molecular weight excluding hydrogens is 224 g/mol. The van der Waals surface area contributed by atoms with Crippen molar-refractivity contribution in [1.29, 1.82) is 0 Å². The fourth-order valence-corrected chi connectivity index (χ4v) is 1.86. The minimum atomic E-state index is -0.375. The Balaban J connectivity index is 2.14. The van der Waals surface area contributed by atoms with Gasteiger partial charge in [0.05, 0.1) is 6.10 Å². The third-order valence-corrected chi connectivity index (χ3v) is 2.72. The lowest BCUT2D eigenvalue weighted by atomic mass is 10.1. The molecule has 94 valence electrons. The van der Waals surface area contributed by atoms with E-state index in [0.29, 0.717) is 12.1 Å². The van der Waals surface area contributed by atoms with Crippen LogP contribution in [-0.2, 0) is 6.42 Å². The van der Waals surface area contributed by atoms with Crippen LogP contribution in [0, 0.1) is 0 Å². The van der Waals surface area contributed by atoms with Gasteiger partial charge in [0, 0.05) is 23.5 Å². The molecule has 0 bridgehead atoms. The van der Waals surface area contributed by atoms with Crippen LogP contribution in [0.25, 0.3) is 0 Å². The highest BCUT2D eigenvalue weighted by Gasteiger charge is 2.04. The molecule has 0 heterocycles. The number of hydrogen-bond donors (Lipinski definition) is 3. The van der Waals surface area contributed by atoms with Crippen molar-refractivity contribution < 1.29 is 5.11 Å². The molecule has 3 heteroatoms. The van der Waals surface area contributed by atoms with Crippen molar-refractivity contribution in [2.24, 2.45) is 0 Å². The van der Waals surface area contributed by atoms with Gasteiger partial charge in [-0.2, -0.15) is 0 Å². The summed E-state index contributed by atoms with van der Waals surface area (Å²) >= 11 is 0. The molecule has 3 nitrogen and oxygen atoms in total. The molecule has 0 aromatic heterocycles. The molecule has 2 aromatic rings. The molecule has 4 N–H and O–H groups in total. The Bertz CT molecular complexity index is 509. The van der Waals surface area contributed by atoms with Crippen LogP contribution >= 0.6 is 0 Å². The Morgan fingerprint density at radius 1 is 1.11 bits per heavy atom. The summed E-state index contributed by atoms with van der Waals surface area (Å²) in [6.45, 7) is 1.76. The van der Waals surface area contributed by atoms with Gasteiger partial charge in [0.2, 0.25) is 0 Å². The minimum Gasteiger partial charge on any atom is -0.398 e. The number of rotatable bonds is 4. The van der Waals surface area contributed by atoms with Crippen LogP contribution in [0.4, 0.5) is 17.1 Å². The predicted molar refractivity (Wildman–Crippen MR) is 76.0 cm³/mol. The van der Waals surface area contributed by atoms with Crippen LogP contribution in [0.15, 0.2) is 48.5 Å². The average molecular weight is 242 g/mol. The summed E-state index contributed by atoms with van der Waals surface area (Å²) in [5.41, 5.74) is 9.63. The van der Waals surface area contributed by atoms with Gasteiger partial charge in [-0.1, -0.05) is 24.3 Å². The molecule has 2 rings (SSSR count). The lowest BCUT2D eigenvalue weighted by molar-refractivity contribution is 0.195. The Labute approximate surface area is 107 Å². The van der Waals surface area contributed by atoms with E-state index in [1.165, 1.54) is 0 Å². The minimum absolute atomic E-state index is 0.375. The average Bonchev–Trinajstić information content (AvgIpc) is 2.33. The maximum Gasteiger partial charge on any atom is 0.0553 e. The van der Waals surface area contributed by atoms with E-state index in [4.69, 9.17) is 5.73 Å². The summed E-state index contributed by atoms with van der Waals surface area (Å²) in [5, 5.41) is 12.6. The maximum absolute atomic E-state index is 9.36. The molecule has 0 amide bonds. The SMILES string of the molecule is CC(O)Cc1ccc(Nc2ccccc2)cc1N. The molecule has 0 spiro atoms. The molecule has 1 unspecified atom stereocenters. The van der Waals surface area contributed by atoms with E-state index in [1.54, 1.807) is 6.92 Å². The Morgan fingerprint density at radius 3 is 2.44 bits per heavy atom.